The van der Waals surface area contributed by atoms with Crippen molar-refractivity contribution in [3.05, 3.63) is 107 Å². The standard InChI is InChI=1S/C26H24N2O2/c1-2-17-30-24-15-13-20(14-16-24)18-23(19-27)26(29)28-25(21-9-5-3-6-10-21)22-11-7-4-8-12-22/h3-16,18,25H,2,17H2,1H3,(H,28,29)/b23-18+. The lowest BCUT2D eigenvalue weighted by molar-refractivity contribution is -0.117. The average Bonchev–Trinajstić information content (AvgIpc) is 2.81. The van der Waals surface area contributed by atoms with Gasteiger partial charge in [0.05, 0.1) is 12.6 Å². The van der Waals surface area contributed by atoms with Crippen LogP contribution in [0.5, 0.6) is 5.75 Å². The van der Waals surface area contributed by atoms with Crippen LogP contribution in [0, 0.1) is 11.3 Å². The molecule has 1 amide bonds. The van der Waals surface area contributed by atoms with E-state index in [-0.39, 0.29) is 11.6 Å². The summed E-state index contributed by atoms with van der Waals surface area (Å²) in [6, 6.07) is 28.5. The van der Waals surface area contributed by atoms with Gasteiger partial charge in [-0.2, -0.15) is 5.26 Å². The fourth-order valence-corrected chi connectivity index (χ4v) is 3.05. The number of hydrogen-bond acceptors (Lipinski definition) is 3. The Balaban J connectivity index is 1.81. The van der Waals surface area contributed by atoms with Crippen LogP contribution in [0.25, 0.3) is 6.08 Å². The van der Waals surface area contributed by atoms with Crippen molar-refractivity contribution in [1.29, 1.82) is 5.26 Å². The van der Waals surface area contributed by atoms with E-state index in [0.717, 1.165) is 28.9 Å². The van der Waals surface area contributed by atoms with Crippen LogP contribution >= 0.6 is 0 Å². The summed E-state index contributed by atoms with van der Waals surface area (Å²) in [5, 5.41) is 12.6. The first-order valence-corrected chi connectivity index (χ1v) is 9.96. The predicted octanol–water partition coefficient (Wildman–Crippen LogP) is 5.29. The number of benzene rings is 3. The van der Waals surface area contributed by atoms with Gasteiger partial charge in [-0.15, -0.1) is 0 Å². The van der Waals surface area contributed by atoms with Crippen molar-refractivity contribution in [2.24, 2.45) is 0 Å². The average molecular weight is 396 g/mol. The molecule has 0 aromatic heterocycles. The second-order valence-electron chi connectivity index (χ2n) is 6.82. The van der Waals surface area contributed by atoms with E-state index in [1.807, 2.05) is 97.9 Å². The van der Waals surface area contributed by atoms with Crippen LogP contribution in [0.15, 0.2) is 90.5 Å². The molecular weight excluding hydrogens is 372 g/mol. The van der Waals surface area contributed by atoms with Gasteiger partial charge < -0.3 is 10.1 Å². The van der Waals surface area contributed by atoms with Gasteiger partial charge in [0.25, 0.3) is 5.91 Å². The minimum atomic E-state index is -0.415. The van der Waals surface area contributed by atoms with E-state index in [4.69, 9.17) is 4.74 Å². The quantitative estimate of drug-likeness (QED) is 0.416. The molecule has 0 spiro atoms. The van der Waals surface area contributed by atoms with Crippen LogP contribution < -0.4 is 10.1 Å². The summed E-state index contributed by atoms with van der Waals surface area (Å²) in [6.07, 6.45) is 2.52. The van der Waals surface area contributed by atoms with E-state index in [1.54, 1.807) is 6.08 Å². The van der Waals surface area contributed by atoms with Gasteiger partial charge in [-0.1, -0.05) is 79.7 Å². The first kappa shape index (κ1) is 20.9. The van der Waals surface area contributed by atoms with Crippen LogP contribution in [-0.2, 0) is 4.79 Å². The summed E-state index contributed by atoms with van der Waals surface area (Å²) in [4.78, 5) is 12.9. The molecule has 0 saturated heterocycles. The Bertz CT molecular complexity index is 981. The number of hydrogen-bond donors (Lipinski definition) is 1. The Morgan fingerprint density at radius 3 is 2.03 bits per heavy atom. The first-order chi connectivity index (χ1) is 14.7. The highest BCUT2D eigenvalue weighted by molar-refractivity contribution is 6.02. The lowest BCUT2D eigenvalue weighted by Crippen LogP contribution is -2.30. The summed E-state index contributed by atoms with van der Waals surface area (Å²) in [5.74, 6) is 0.353. The van der Waals surface area contributed by atoms with Crippen molar-refractivity contribution in [2.75, 3.05) is 6.61 Å². The van der Waals surface area contributed by atoms with Crippen LogP contribution in [-0.4, -0.2) is 12.5 Å². The molecule has 0 aliphatic rings. The topological polar surface area (TPSA) is 62.1 Å². The van der Waals surface area contributed by atoms with Crippen molar-refractivity contribution < 1.29 is 9.53 Å². The van der Waals surface area contributed by atoms with Crippen molar-refractivity contribution in [3.8, 4) is 11.8 Å². The molecule has 0 bridgehead atoms. The monoisotopic (exact) mass is 396 g/mol. The van der Waals surface area contributed by atoms with Crippen molar-refractivity contribution in [3.63, 3.8) is 0 Å². The molecule has 150 valence electrons. The first-order valence-electron chi connectivity index (χ1n) is 9.96. The number of amides is 1. The molecule has 0 aliphatic heterocycles. The molecular formula is C26H24N2O2. The summed E-state index contributed by atoms with van der Waals surface area (Å²) < 4.78 is 5.57. The molecule has 3 rings (SSSR count). The van der Waals surface area contributed by atoms with Gasteiger partial charge in [-0.25, -0.2) is 0 Å². The highest BCUT2D eigenvalue weighted by atomic mass is 16.5. The predicted molar refractivity (Wildman–Crippen MR) is 119 cm³/mol. The van der Waals surface area contributed by atoms with Gasteiger partial charge in [0, 0.05) is 0 Å². The van der Waals surface area contributed by atoms with E-state index >= 15 is 0 Å². The zero-order valence-corrected chi connectivity index (χ0v) is 16.9. The number of carbonyl (C=O) groups excluding carboxylic acids is 1. The highest BCUT2D eigenvalue weighted by Gasteiger charge is 2.19. The Kier molecular flexibility index (Phi) is 7.40. The summed E-state index contributed by atoms with van der Waals surface area (Å²) in [6.45, 7) is 2.70. The summed E-state index contributed by atoms with van der Waals surface area (Å²) in [5.41, 5.74) is 2.72. The highest BCUT2D eigenvalue weighted by Crippen LogP contribution is 2.22. The lowest BCUT2D eigenvalue weighted by atomic mass is 9.98. The third kappa shape index (κ3) is 5.59. The Morgan fingerprint density at radius 1 is 0.967 bits per heavy atom. The molecule has 30 heavy (non-hydrogen) atoms. The van der Waals surface area contributed by atoms with E-state index in [1.165, 1.54) is 0 Å². The molecule has 3 aromatic rings. The number of ether oxygens (including phenoxy) is 1. The van der Waals surface area contributed by atoms with Gasteiger partial charge in [-0.05, 0) is 41.3 Å². The SMILES string of the molecule is CCCOc1ccc(/C=C(\C#N)C(=O)NC(c2ccccc2)c2ccccc2)cc1. The second kappa shape index (κ2) is 10.6. The Labute approximate surface area is 177 Å². The largest absolute Gasteiger partial charge is 0.494 e. The van der Waals surface area contributed by atoms with Crippen molar-refractivity contribution >= 4 is 12.0 Å². The maximum Gasteiger partial charge on any atom is 0.262 e. The van der Waals surface area contributed by atoms with Gasteiger partial charge in [-0.3, -0.25) is 4.79 Å². The number of nitriles is 1. The van der Waals surface area contributed by atoms with Crippen LogP contribution in [0.1, 0.15) is 36.1 Å². The maximum absolute atomic E-state index is 12.9. The van der Waals surface area contributed by atoms with Crippen molar-refractivity contribution in [2.45, 2.75) is 19.4 Å². The van der Waals surface area contributed by atoms with Gasteiger partial charge in [0.2, 0.25) is 0 Å². The Morgan fingerprint density at radius 2 is 1.53 bits per heavy atom. The van der Waals surface area contributed by atoms with Gasteiger partial charge in [0.1, 0.15) is 17.4 Å². The molecule has 0 heterocycles. The summed E-state index contributed by atoms with van der Waals surface area (Å²) >= 11 is 0. The molecule has 0 radical (unpaired) electrons. The second-order valence-corrected chi connectivity index (χ2v) is 6.82. The Hall–Kier alpha value is -3.84. The fraction of sp³-hybridized carbons (Fsp3) is 0.154. The molecule has 4 heteroatoms. The third-order valence-corrected chi connectivity index (χ3v) is 4.57. The molecule has 0 saturated carbocycles. The zero-order valence-electron chi connectivity index (χ0n) is 16.9. The molecule has 1 N–H and O–H groups in total. The van der Waals surface area contributed by atoms with E-state index in [0.29, 0.717) is 6.61 Å². The number of carbonyl (C=O) groups is 1. The maximum atomic E-state index is 12.9. The van der Waals surface area contributed by atoms with E-state index in [2.05, 4.69) is 5.32 Å². The van der Waals surface area contributed by atoms with Crippen LogP contribution in [0.3, 0.4) is 0 Å². The molecule has 0 atom stereocenters. The van der Waals surface area contributed by atoms with Crippen molar-refractivity contribution in [1.82, 2.24) is 5.32 Å². The van der Waals surface area contributed by atoms with E-state index in [9.17, 15) is 10.1 Å². The number of nitrogens with one attached hydrogen (secondary N) is 1. The molecule has 0 aliphatic carbocycles. The van der Waals surface area contributed by atoms with Crippen LogP contribution in [0.4, 0.5) is 0 Å². The minimum Gasteiger partial charge on any atom is -0.494 e. The normalized spacial score (nSPS) is 11.0. The van der Waals surface area contributed by atoms with E-state index < -0.39 is 5.91 Å². The molecule has 0 fully saturated rings. The number of rotatable bonds is 8. The smallest absolute Gasteiger partial charge is 0.262 e. The fourth-order valence-electron chi connectivity index (χ4n) is 3.05. The van der Waals surface area contributed by atoms with Crippen LogP contribution in [0.2, 0.25) is 0 Å². The lowest BCUT2D eigenvalue weighted by Gasteiger charge is -2.19. The number of nitrogens with zero attached hydrogens (tertiary/aromatic N) is 1. The zero-order chi connectivity index (χ0) is 21.2. The summed E-state index contributed by atoms with van der Waals surface area (Å²) in [7, 11) is 0. The third-order valence-electron chi connectivity index (χ3n) is 4.57. The molecule has 0 unspecified atom stereocenters. The van der Waals surface area contributed by atoms with Gasteiger partial charge >= 0.3 is 0 Å². The molecule has 4 nitrogen and oxygen atoms in total. The van der Waals surface area contributed by atoms with Gasteiger partial charge in [0.15, 0.2) is 0 Å². The molecule has 3 aromatic carbocycles. The minimum absolute atomic E-state index is 0.0501.